The van der Waals surface area contributed by atoms with Gasteiger partial charge in [-0.1, -0.05) is 68.5 Å². The van der Waals surface area contributed by atoms with E-state index in [2.05, 4.69) is 129 Å². The van der Waals surface area contributed by atoms with Gasteiger partial charge in [-0.05, 0) is 44.4 Å². The number of nitrogens with zero attached hydrogens (tertiary/aromatic N) is 2. The lowest BCUT2D eigenvalue weighted by Crippen LogP contribution is -2.29. The Balaban J connectivity index is 1.52. The average Bonchev–Trinajstić information content (AvgIpc) is 3.22. The van der Waals surface area contributed by atoms with Crippen LogP contribution in [-0.4, -0.2) is 29.8 Å². The number of allylic oxidation sites excluding steroid dienone is 6. The molecule has 0 atom stereocenters. The number of fused-ring (bicyclic) bond motifs is 2. The maximum atomic E-state index is 11.4. The number of hydrogen-bond donors (Lipinski definition) is 2. The number of carbonyl (C=O) groups excluding carboxylic acids is 1. The predicted octanol–water partition coefficient (Wildman–Crippen LogP) is 6.04. The first kappa shape index (κ1) is 26.6. The highest BCUT2D eigenvalue weighted by atomic mass is 16.2. The summed E-state index contributed by atoms with van der Waals surface area (Å²) in [5.74, 6) is 5.10. The van der Waals surface area contributed by atoms with E-state index >= 15 is 0 Å². The first-order valence-corrected chi connectivity index (χ1v) is 13.3. The van der Waals surface area contributed by atoms with Crippen molar-refractivity contribution in [3.63, 3.8) is 0 Å². The normalized spacial score (nSPS) is 18.8. The summed E-state index contributed by atoms with van der Waals surface area (Å²) in [6.45, 7) is 10.1. The number of likely N-dealkylation sites (N-methyl/N-ethyl adjacent to an activating group) is 1. The van der Waals surface area contributed by atoms with E-state index in [0.717, 1.165) is 25.8 Å². The van der Waals surface area contributed by atoms with Crippen LogP contribution in [0, 0.1) is 0 Å². The zero-order chi connectivity index (χ0) is 26.6. The summed E-state index contributed by atoms with van der Waals surface area (Å²) in [4.78, 5) is 13.7. The molecule has 0 aromatic heterocycles. The number of amides is 1. The Labute approximate surface area is 222 Å². The molecule has 2 aliphatic heterocycles. The van der Waals surface area contributed by atoms with Gasteiger partial charge in [0.1, 0.15) is 6.54 Å². The molecule has 4 rings (SSSR count). The quantitative estimate of drug-likeness (QED) is 0.111. The van der Waals surface area contributed by atoms with Gasteiger partial charge in [-0.25, -0.2) is 5.84 Å². The minimum absolute atomic E-state index is 0.0230. The van der Waals surface area contributed by atoms with Crippen LogP contribution in [-0.2, 0) is 15.6 Å². The lowest BCUT2D eigenvalue weighted by molar-refractivity contribution is -0.438. The van der Waals surface area contributed by atoms with Crippen LogP contribution >= 0.6 is 0 Å². The van der Waals surface area contributed by atoms with Gasteiger partial charge in [0.05, 0.1) is 5.41 Å². The molecule has 0 saturated heterocycles. The van der Waals surface area contributed by atoms with Crippen molar-refractivity contribution < 1.29 is 9.37 Å². The second kappa shape index (κ2) is 10.9. The number of anilines is 1. The van der Waals surface area contributed by atoms with E-state index in [0.29, 0.717) is 6.42 Å². The van der Waals surface area contributed by atoms with Crippen LogP contribution < -0.4 is 16.2 Å². The lowest BCUT2D eigenvalue weighted by atomic mass is 9.81. The molecular weight excluding hydrogens is 456 g/mol. The molecule has 2 heterocycles. The van der Waals surface area contributed by atoms with Gasteiger partial charge in [-0.2, -0.15) is 4.58 Å². The third-order valence-corrected chi connectivity index (χ3v) is 7.92. The molecule has 2 aliphatic rings. The van der Waals surface area contributed by atoms with Crippen LogP contribution in [0.3, 0.4) is 0 Å². The fraction of sp³-hybridized carbons (Fsp3) is 0.375. The Bertz CT molecular complexity index is 1280. The number of rotatable bonds is 9. The number of para-hydroxylation sites is 2. The lowest BCUT2D eigenvalue weighted by Gasteiger charge is -2.23. The number of carbonyl (C=O) groups is 1. The molecule has 5 nitrogen and oxygen atoms in total. The Kier molecular flexibility index (Phi) is 7.84. The highest BCUT2D eigenvalue weighted by molar-refractivity contribution is 6.03. The van der Waals surface area contributed by atoms with E-state index in [-0.39, 0.29) is 16.7 Å². The number of unbranched alkanes of at least 4 members (excludes halogenated alkanes) is 2. The molecule has 3 N–H and O–H groups in total. The van der Waals surface area contributed by atoms with Crippen molar-refractivity contribution in [3.8, 4) is 0 Å². The van der Waals surface area contributed by atoms with Gasteiger partial charge in [0, 0.05) is 54.4 Å². The molecule has 2 aromatic rings. The smallest absolute Gasteiger partial charge is 0.233 e. The van der Waals surface area contributed by atoms with Gasteiger partial charge >= 0.3 is 0 Å². The molecule has 37 heavy (non-hydrogen) atoms. The summed E-state index contributed by atoms with van der Waals surface area (Å²) in [6, 6.07) is 17.4. The Morgan fingerprint density at radius 2 is 1.62 bits per heavy atom. The molecule has 0 spiro atoms. The van der Waals surface area contributed by atoms with Crippen molar-refractivity contribution in [1.29, 1.82) is 0 Å². The molecule has 194 valence electrons. The first-order chi connectivity index (χ1) is 17.7. The summed E-state index contributed by atoms with van der Waals surface area (Å²) >= 11 is 0. The average molecular weight is 498 g/mol. The summed E-state index contributed by atoms with van der Waals surface area (Å²) in [7, 11) is 2.15. The summed E-state index contributed by atoms with van der Waals surface area (Å²) in [6.07, 6.45) is 14.3. The fourth-order valence-corrected chi connectivity index (χ4v) is 5.85. The first-order valence-electron chi connectivity index (χ1n) is 13.3. The SMILES string of the molecule is CN1/C(=C/C=C/C=C/C2=[N+](CCCCCC(=O)NN)c3ccccc3C2(C)C)C(C)(C)c2ccccc21. The Morgan fingerprint density at radius 1 is 0.919 bits per heavy atom. The standard InChI is InChI=1S/C32H40N4O/c1-31(2)24-16-11-13-18-26(24)35(5)28(31)20-8-6-9-21-29-32(3,4)25-17-12-14-19-27(25)36(29)23-15-7-10-22-30(37)34-33/h6,8-9,11-14,16-21H,7,10,15,22-23,33H2,1-5H3/p+1. The van der Waals surface area contributed by atoms with Gasteiger partial charge < -0.3 is 4.90 Å². The number of nitrogens with two attached hydrogens (primary N) is 1. The van der Waals surface area contributed by atoms with Crippen LogP contribution in [0.2, 0.25) is 0 Å². The number of nitrogens with one attached hydrogen (secondary N) is 1. The molecule has 0 unspecified atom stereocenters. The fourth-order valence-electron chi connectivity index (χ4n) is 5.85. The van der Waals surface area contributed by atoms with Crippen molar-refractivity contribution in [3.05, 3.63) is 95.7 Å². The molecule has 1 amide bonds. The van der Waals surface area contributed by atoms with Crippen molar-refractivity contribution >= 4 is 23.0 Å². The largest absolute Gasteiger partial charge is 0.347 e. The maximum Gasteiger partial charge on any atom is 0.233 e. The van der Waals surface area contributed by atoms with Crippen LogP contribution in [0.1, 0.15) is 64.5 Å². The monoisotopic (exact) mass is 497 g/mol. The molecule has 2 aromatic carbocycles. The van der Waals surface area contributed by atoms with E-state index < -0.39 is 0 Å². The highest BCUT2D eigenvalue weighted by Crippen LogP contribution is 2.46. The van der Waals surface area contributed by atoms with Crippen molar-refractivity contribution in [2.45, 2.75) is 64.2 Å². The van der Waals surface area contributed by atoms with E-state index in [9.17, 15) is 4.79 Å². The maximum absolute atomic E-state index is 11.4. The second-order valence-electron chi connectivity index (χ2n) is 11.1. The zero-order valence-corrected chi connectivity index (χ0v) is 22.9. The van der Waals surface area contributed by atoms with Gasteiger partial charge in [-0.3, -0.25) is 10.2 Å². The molecular formula is C32H41N4O+. The summed E-state index contributed by atoms with van der Waals surface area (Å²) in [5, 5.41) is 0. The molecule has 5 heteroatoms. The predicted molar refractivity (Wildman–Crippen MR) is 154 cm³/mol. The van der Waals surface area contributed by atoms with Crippen LogP contribution in [0.5, 0.6) is 0 Å². The van der Waals surface area contributed by atoms with Gasteiger partial charge in [0.15, 0.2) is 5.71 Å². The van der Waals surface area contributed by atoms with Gasteiger partial charge in [-0.15, -0.1) is 0 Å². The zero-order valence-electron chi connectivity index (χ0n) is 22.9. The molecule has 0 fully saturated rings. The van der Waals surface area contributed by atoms with Crippen LogP contribution in [0.4, 0.5) is 11.4 Å². The van der Waals surface area contributed by atoms with E-state index in [1.165, 1.54) is 33.9 Å². The summed E-state index contributed by atoms with van der Waals surface area (Å²) in [5.41, 5.74) is 10.0. The van der Waals surface area contributed by atoms with E-state index in [1.807, 2.05) is 0 Å². The molecule has 0 bridgehead atoms. The van der Waals surface area contributed by atoms with Crippen molar-refractivity contribution in [1.82, 2.24) is 5.43 Å². The number of benzene rings is 2. The van der Waals surface area contributed by atoms with Crippen molar-refractivity contribution in [2.75, 3.05) is 18.5 Å². The van der Waals surface area contributed by atoms with E-state index in [4.69, 9.17) is 5.84 Å². The molecule has 0 aliphatic carbocycles. The van der Waals surface area contributed by atoms with Crippen LogP contribution in [0.25, 0.3) is 0 Å². The Morgan fingerprint density at radius 3 is 2.35 bits per heavy atom. The number of hydrazine groups is 1. The molecule has 0 radical (unpaired) electrons. The third-order valence-electron chi connectivity index (χ3n) is 7.92. The van der Waals surface area contributed by atoms with E-state index in [1.54, 1.807) is 0 Å². The van der Waals surface area contributed by atoms with Gasteiger partial charge in [0.2, 0.25) is 11.6 Å². The topological polar surface area (TPSA) is 61.4 Å². The molecule has 0 saturated carbocycles. The summed E-state index contributed by atoms with van der Waals surface area (Å²) < 4.78 is 2.45. The van der Waals surface area contributed by atoms with Gasteiger partial charge in [0.25, 0.3) is 0 Å². The van der Waals surface area contributed by atoms with Crippen molar-refractivity contribution in [2.24, 2.45) is 5.84 Å². The third kappa shape index (κ3) is 5.19. The number of hydrogen-bond acceptors (Lipinski definition) is 3. The Hall–Kier alpha value is -3.44. The van der Waals surface area contributed by atoms with Crippen LogP contribution in [0.15, 0.2) is 84.6 Å². The minimum atomic E-state index is -0.0966. The minimum Gasteiger partial charge on any atom is -0.347 e. The highest BCUT2D eigenvalue weighted by Gasteiger charge is 2.43. The second-order valence-corrected chi connectivity index (χ2v) is 11.1.